The molecule has 0 aromatic carbocycles. The van der Waals surface area contributed by atoms with Gasteiger partial charge in [-0.15, -0.1) is 11.3 Å². The second-order valence-corrected chi connectivity index (χ2v) is 7.11. The average molecular weight is 339 g/mol. The fraction of sp³-hybridized carbons (Fsp3) is 0.333. The van der Waals surface area contributed by atoms with Crippen molar-refractivity contribution in [2.75, 3.05) is 29.9 Å². The number of pyridine rings is 1. The van der Waals surface area contributed by atoms with Crippen LogP contribution in [0.1, 0.15) is 18.9 Å². The Morgan fingerprint density at radius 3 is 2.96 bits per heavy atom. The summed E-state index contributed by atoms with van der Waals surface area (Å²) in [5.74, 6) is 1.94. The molecule has 0 bridgehead atoms. The molecular formula is C18H21N5S. The van der Waals surface area contributed by atoms with Crippen molar-refractivity contribution in [2.24, 2.45) is 0 Å². The van der Waals surface area contributed by atoms with Gasteiger partial charge in [-0.3, -0.25) is 4.90 Å². The monoisotopic (exact) mass is 339 g/mol. The number of allylic oxidation sites excluding steroid dienone is 2. The molecule has 2 aliphatic heterocycles. The quantitative estimate of drug-likeness (QED) is 0.928. The van der Waals surface area contributed by atoms with Crippen LogP contribution in [0.15, 0.2) is 42.1 Å². The summed E-state index contributed by atoms with van der Waals surface area (Å²) in [4.78, 5) is 13.9. The zero-order valence-corrected chi connectivity index (χ0v) is 14.8. The van der Waals surface area contributed by atoms with E-state index in [1.807, 2.05) is 18.6 Å². The Morgan fingerprint density at radius 2 is 2.25 bits per heavy atom. The third-order valence-electron chi connectivity index (χ3n) is 4.76. The van der Waals surface area contributed by atoms with Crippen LogP contribution in [0.2, 0.25) is 0 Å². The molecule has 24 heavy (non-hydrogen) atoms. The minimum Gasteiger partial charge on any atom is -0.355 e. The first-order chi connectivity index (χ1) is 11.7. The van der Waals surface area contributed by atoms with Gasteiger partial charge in [0.15, 0.2) is 5.13 Å². The Hall–Kier alpha value is -2.18. The average Bonchev–Trinajstić information content (AvgIpc) is 3.29. The second-order valence-electron chi connectivity index (χ2n) is 6.24. The number of anilines is 3. The van der Waals surface area contributed by atoms with Gasteiger partial charge < -0.3 is 10.2 Å². The number of likely N-dealkylation sites (N-methyl/N-ethyl adjacent to an activating group) is 1. The molecule has 0 amide bonds. The molecule has 4 heterocycles. The zero-order valence-electron chi connectivity index (χ0n) is 14.0. The maximum atomic E-state index is 4.97. The maximum Gasteiger partial charge on any atom is 0.195 e. The van der Waals surface area contributed by atoms with Crippen molar-refractivity contribution in [3.8, 4) is 0 Å². The standard InChI is InChI=1S/C18H21N5S/c1-12-10-23(18-20-7-9-24-18)17-15(13(12)2)4-5-16(21-17)22-8-6-14(11-22)19-3/h4-5,7,9-10,14,19H,2,6,8,11H2,1,3H3. The molecule has 0 spiro atoms. The number of rotatable bonds is 3. The Kier molecular flexibility index (Phi) is 3.86. The number of nitrogens with one attached hydrogen (secondary N) is 1. The highest BCUT2D eigenvalue weighted by Gasteiger charge is 2.27. The summed E-state index contributed by atoms with van der Waals surface area (Å²) >= 11 is 1.62. The number of nitrogens with zero attached hydrogens (tertiary/aromatic N) is 4. The van der Waals surface area contributed by atoms with Gasteiger partial charge >= 0.3 is 0 Å². The molecular weight excluding hydrogens is 318 g/mol. The summed E-state index contributed by atoms with van der Waals surface area (Å²) in [6.07, 6.45) is 5.06. The summed E-state index contributed by atoms with van der Waals surface area (Å²) < 4.78 is 0. The molecule has 5 nitrogen and oxygen atoms in total. The number of thiazole rings is 1. The van der Waals surface area contributed by atoms with Crippen molar-refractivity contribution in [3.05, 3.63) is 47.6 Å². The highest BCUT2D eigenvalue weighted by molar-refractivity contribution is 7.13. The third-order valence-corrected chi connectivity index (χ3v) is 5.53. The molecule has 2 aliphatic rings. The topological polar surface area (TPSA) is 44.3 Å². The van der Waals surface area contributed by atoms with E-state index in [1.54, 1.807) is 11.3 Å². The van der Waals surface area contributed by atoms with E-state index in [2.05, 4.69) is 51.9 Å². The Labute approximate surface area is 146 Å². The minimum atomic E-state index is 0.537. The molecule has 2 aromatic heterocycles. The van der Waals surface area contributed by atoms with Crippen LogP contribution in [0.25, 0.3) is 5.57 Å². The number of hydrogen-bond acceptors (Lipinski definition) is 6. The van der Waals surface area contributed by atoms with Gasteiger partial charge in [0.05, 0.1) is 0 Å². The molecule has 0 aliphatic carbocycles. The molecule has 1 N–H and O–H groups in total. The predicted octanol–water partition coefficient (Wildman–Crippen LogP) is 3.40. The smallest absolute Gasteiger partial charge is 0.195 e. The molecule has 4 rings (SSSR count). The van der Waals surface area contributed by atoms with Gasteiger partial charge in [-0.25, -0.2) is 9.97 Å². The lowest BCUT2D eigenvalue weighted by Crippen LogP contribution is -2.30. The van der Waals surface area contributed by atoms with Crippen LogP contribution in [-0.2, 0) is 0 Å². The SMILES string of the molecule is C=C1C(C)=CN(c2nccs2)c2nc(N3CCC(NC)C3)ccc21. The van der Waals surface area contributed by atoms with Crippen molar-refractivity contribution in [3.63, 3.8) is 0 Å². The third kappa shape index (κ3) is 2.52. The molecule has 1 saturated heterocycles. The van der Waals surface area contributed by atoms with Gasteiger partial charge in [-0.1, -0.05) is 6.58 Å². The molecule has 1 unspecified atom stereocenters. The van der Waals surface area contributed by atoms with Crippen LogP contribution in [0, 0.1) is 0 Å². The summed E-state index contributed by atoms with van der Waals surface area (Å²) in [5.41, 5.74) is 3.26. The van der Waals surface area contributed by atoms with E-state index >= 15 is 0 Å². The maximum absolute atomic E-state index is 4.97. The van der Waals surface area contributed by atoms with Crippen molar-refractivity contribution in [2.45, 2.75) is 19.4 Å². The van der Waals surface area contributed by atoms with Crippen LogP contribution < -0.4 is 15.1 Å². The summed E-state index contributed by atoms with van der Waals surface area (Å²) in [5, 5.41) is 6.28. The first-order valence-electron chi connectivity index (χ1n) is 8.17. The Morgan fingerprint density at radius 1 is 1.38 bits per heavy atom. The number of fused-ring (bicyclic) bond motifs is 1. The van der Waals surface area contributed by atoms with E-state index in [1.165, 1.54) is 0 Å². The summed E-state index contributed by atoms with van der Waals surface area (Å²) in [6, 6.07) is 4.79. The molecule has 0 radical (unpaired) electrons. The van der Waals surface area contributed by atoms with Crippen molar-refractivity contribution >= 4 is 33.7 Å². The van der Waals surface area contributed by atoms with Crippen LogP contribution in [0.3, 0.4) is 0 Å². The number of hydrogen-bond donors (Lipinski definition) is 1. The van der Waals surface area contributed by atoms with Gasteiger partial charge in [0.2, 0.25) is 0 Å². The van der Waals surface area contributed by atoms with Crippen molar-refractivity contribution < 1.29 is 0 Å². The summed E-state index contributed by atoms with van der Waals surface area (Å²) in [7, 11) is 2.02. The van der Waals surface area contributed by atoms with Gasteiger partial charge in [0.1, 0.15) is 11.6 Å². The van der Waals surface area contributed by atoms with Gasteiger partial charge in [0.25, 0.3) is 0 Å². The zero-order chi connectivity index (χ0) is 16.7. The van der Waals surface area contributed by atoms with Crippen LogP contribution in [0.4, 0.5) is 16.8 Å². The van der Waals surface area contributed by atoms with Gasteiger partial charge in [0, 0.05) is 42.5 Å². The van der Waals surface area contributed by atoms with E-state index < -0.39 is 0 Å². The highest BCUT2D eigenvalue weighted by atomic mass is 32.1. The van der Waals surface area contributed by atoms with E-state index in [0.717, 1.165) is 53.0 Å². The lowest BCUT2D eigenvalue weighted by Gasteiger charge is -2.28. The van der Waals surface area contributed by atoms with Crippen molar-refractivity contribution in [1.29, 1.82) is 0 Å². The van der Waals surface area contributed by atoms with Crippen LogP contribution >= 0.6 is 11.3 Å². The minimum absolute atomic E-state index is 0.537. The first-order valence-corrected chi connectivity index (χ1v) is 9.05. The Bertz CT molecular complexity index is 796. The molecule has 0 saturated carbocycles. The molecule has 2 aromatic rings. The van der Waals surface area contributed by atoms with E-state index in [9.17, 15) is 0 Å². The fourth-order valence-corrected chi connectivity index (χ4v) is 3.88. The first kappa shape index (κ1) is 15.4. The molecule has 1 atom stereocenters. The fourth-order valence-electron chi connectivity index (χ4n) is 3.26. The highest BCUT2D eigenvalue weighted by Crippen LogP contribution is 2.40. The van der Waals surface area contributed by atoms with Crippen LogP contribution in [0.5, 0.6) is 0 Å². The molecule has 124 valence electrons. The largest absolute Gasteiger partial charge is 0.355 e. The Balaban J connectivity index is 1.75. The lowest BCUT2D eigenvalue weighted by atomic mass is 9.98. The predicted molar refractivity (Wildman–Crippen MR) is 101 cm³/mol. The van der Waals surface area contributed by atoms with Crippen molar-refractivity contribution in [1.82, 2.24) is 15.3 Å². The van der Waals surface area contributed by atoms with Gasteiger partial charge in [-0.05, 0) is 43.7 Å². The molecule has 1 fully saturated rings. The van der Waals surface area contributed by atoms with E-state index in [0.29, 0.717) is 6.04 Å². The molecule has 6 heteroatoms. The van der Waals surface area contributed by atoms with Crippen LogP contribution in [-0.4, -0.2) is 36.1 Å². The van der Waals surface area contributed by atoms with E-state index in [-0.39, 0.29) is 0 Å². The van der Waals surface area contributed by atoms with E-state index in [4.69, 9.17) is 4.98 Å². The second kappa shape index (κ2) is 6.03. The normalized spacial score (nSPS) is 20.3. The van der Waals surface area contributed by atoms with Gasteiger partial charge in [-0.2, -0.15) is 0 Å². The lowest BCUT2D eigenvalue weighted by molar-refractivity contribution is 0.616. The number of aromatic nitrogens is 2. The summed E-state index contributed by atoms with van der Waals surface area (Å²) in [6.45, 7) is 8.34.